The SMILES string of the molecule is C=CCCC1(C(=C)c2ccc(CC)cc2)CC1=C. The van der Waals surface area contributed by atoms with Gasteiger partial charge in [-0.05, 0) is 42.4 Å². The molecule has 0 spiro atoms. The Labute approximate surface area is 111 Å². The molecule has 1 aromatic carbocycles. The lowest BCUT2D eigenvalue weighted by Crippen LogP contribution is -2.03. The highest BCUT2D eigenvalue weighted by Gasteiger charge is 2.48. The number of aryl methyl sites for hydroxylation is 1. The molecule has 0 N–H and O–H groups in total. The maximum atomic E-state index is 4.32. The van der Waals surface area contributed by atoms with E-state index in [4.69, 9.17) is 0 Å². The van der Waals surface area contributed by atoms with Gasteiger partial charge in [-0.3, -0.25) is 0 Å². The second-order valence-corrected chi connectivity index (χ2v) is 5.22. The maximum absolute atomic E-state index is 4.32. The zero-order chi connectivity index (χ0) is 13.2. The maximum Gasteiger partial charge on any atom is 0.0199 e. The van der Waals surface area contributed by atoms with Gasteiger partial charge in [-0.15, -0.1) is 6.58 Å². The molecule has 1 saturated carbocycles. The molecule has 0 aromatic heterocycles. The van der Waals surface area contributed by atoms with Crippen molar-refractivity contribution in [1.29, 1.82) is 0 Å². The van der Waals surface area contributed by atoms with Crippen LogP contribution in [-0.2, 0) is 6.42 Å². The quantitative estimate of drug-likeness (QED) is 0.599. The molecular weight excluding hydrogens is 216 g/mol. The van der Waals surface area contributed by atoms with Crippen LogP contribution in [0.1, 0.15) is 37.3 Å². The van der Waals surface area contributed by atoms with E-state index in [0.717, 1.165) is 25.7 Å². The molecule has 0 radical (unpaired) electrons. The van der Waals surface area contributed by atoms with Crippen molar-refractivity contribution < 1.29 is 0 Å². The standard InChI is InChI=1S/C18H22/c1-5-7-12-18(13-14(18)3)15(4)17-10-8-16(6-2)9-11-17/h5,8-11H,1,3-4,6-7,12-13H2,2H3. The minimum Gasteiger partial charge on any atom is -0.103 e. The van der Waals surface area contributed by atoms with Crippen molar-refractivity contribution in [3.05, 3.63) is 66.8 Å². The molecule has 0 bridgehead atoms. The Kier molecular flexibility index (Phi) is 3.56. The monoisotopic (exact) mass is 238 g/mol. The first-order valence-corrected chi connectivity index (χ1v) is 6.72. The van der Waals surface area contributed by atoms with Gasteiger partial charge in [0.15, 0.2) is 0 Å². The predicted molar refractivity (Wildman–Crippen MR) is 80.5 cm³/mol. The summed E-state index contributed by atoms with van der Waals surface area (Å²) in [6.07, 6.45) is 6.30. The van der Waals surface area contributed by atoms with Crippen LogP contribution in [0.2, 0.25) is 0 Å². The van der Waals surface area contributed by atoms with Gasteiger partial charge in [0, 0.05) is 5.41 Å². The number of allylic oxidation sites excluding steroid dienone is 3. The zero-order valence-electron chi connectivity index (χ0n) is 11.3. The van der Waals surface area contributed by atoms with Crippen LogP contribution in [0.25, 0.3) is 5.57 Å². The molecule has 1 fully saturated rings. The van der Waals surface area contributed by atoms with Gasteiger partial charge in [0.2, 0.25) is 0 Å². The lowest BCUT2D eigenvalue weighted by Gasteiger charge is -2.18. The largest absolute Gasteiger partial charge is 0.103 e. The summed E-state index contributed by atoms with van der Waals surface area (Å²) in [6, 6.07) is 8.80. The van der Waals surface area contributed by atoms with E-state index in [2.05, 4.69) is 50.9 Å². The fourth-order valence-electron chi connectivity index (χ4n) is 2.62. The van der Waals surface area contributed by atoms with Gasteiger partial charge in [-0.2, -0.15) is 0 Å². The summed E-state index contributed by atoms with van der Waals surface area (Å²) in [5.74, 6) is 0. The summed E-state index contributed by atoms with van der Waals surface area (Å²) < 4.78 is 0. The highest BCUT2D eigenvalue weighted by atomic mass is 14.5. The third-order valence-electron chi connectivity index (χ3n) is 4.13. The normalized spacial score (nSPS) is 21.7. The minimum absolute atomic E-state index is 0.155. The molecule has 94 valence electrons. The third-order valence-corrected chi connectivity index (χ3v) is 4.13. The number of benzene rings is 1. The van der Waals surface area contributed by atoms with Crippen LogP contribution in [0.3, 0.4) is 0 Å². The second-order valence-electron chi connectivity index (χ2n) is 5.22. The molecule has 2 rings (SSSR count). The first kappa shape index (κ1) is 12.9. The Balaban J connectivity index is 2.19. The van der Waals surface area contributed by atoms with Crippen LogP contribution >= 0.6 is 0 Å². The van der Waals surface area contributed by atoms with Crippen molar-refractivity contribution in [3.63, 3.8) is 0 Å². The summed E-state index contributed by atoms with van der Waals surface area (Å²) in [4.78, 5) is 0. The summed E-state index contributed by atoms with van der Waals surface area (Å²) in [6.45, 7) is 14.5. The average Bonchev–Trinajstić information content (AvgIpc) is 3.07. The molecule has 0 nitrogen and oxygen atoms in total. The molecular formula is C18H22. The van der Waals surface area contributed by atoms with E-state index in [1.165, 1.54) is 22.3 Å². The molecule has 0 aliphatic heterocycles. The van der Waals surface area contributed by atoms with Crippen molar-refractivity contribution >= 4 is 5.57 Å². The highest BCUT2D eigenvalue weighted by Crippen LogP contribution is 2.62. The van der Waals surface area contributed by atoms with Crippen molar-refractivity contribution in [1.82, 2.24) is 0 Å². The molecule has 0 amide bonds. The van der Waals surface area contributed by atoms with E-state index in [-0.39, 0.29) is 5.41 Å². The molecule has 1 atom stereocenters. The van der Waals surface area contributed by atoms with Gasteiger partial charge >= 0.3 is 0 Å². The number of hydrogen-bond donors (Lipinski definition) is 0. The molecule has 0 saturated heterocycles. The van der Waals surface area contributed by atoms with E-state index >= 15 is 0 Å². The van der Waals surface area contributed by atoms with Crippen LogP contribution in [0, 0.1) is 5.41 Å². The van der Waals surface area contributed by atoms with Crippen molar-refractivity contribution in [2.45, 2.75) is 32.6 Å². The summed E-state index contributed by atoms with van der Waals surface area (Å²) in [5.41, 5.74) is 5.35. The molecule has 1 aliphatic carbocycles. The fourth-order valence-corrected chi connectivity index (χ4v) is 2.62. The van der Waals surface area contributed by atoms with E-state index < -0.39 is 0 Å². The Morgan fingerprint density at radius 2 is 1.94 bits per heavy atom. The molecule has 18 heavy (non-hydrogen) atoms. The summed E-state index contributed by atoms with van der Waals surface area (Å²) in [5, 5.41) is 0. The van der Waals surface area contributed by atoms with Crippen LogP contribution < -0.4 is 0 Å². The summed E-state index contributed by atoms with van der Waals surface area (Å²) in [7, 11) is 0. The minimum atomic E-state index is 0.155. The highest BCUT2D eigenvalue weighted by molar-refractivity contribution is 5.76. The Morgan fingerprint density at radius 1 is 1.33 bits per heavy atom. The first-order valence-electron chi connectivity index (χ1n) is 6.72. The number of rotatable bonds is 6. The van der Waals surface area contributed by atoms with Gasteiger partial charge in [-0.25, -0.2) is 0 Å². The van der Waals surface area contributed by atoms with Crippen LogP contribution in [0.5, 0.6) is 0 Å². The average molecular weight is 238 g/mol. The third kappa shape index (κ3) is 2.20. The lowest BCUT2D eigenvalue weighted by molar-refractivity contribution is 0.638. The molecule has 1 aromatic rings. The second kappa shape index (κ2) is 4.97. The first-order chi connectivity index (χ1) is 8.64. The van der Waals surface area contributed by atoms with Crippen molar-refractivity contribution in [3.8, 4) is 0 Å². The molecule has 0 heterocycles. The van der Waals surface area contributed by atoms with Gasteiger partial charge in [0.1, 0.15) is 0 Å². The lowest BCUT2D eigenvalue weighted by atomic mass is 9.86. The molecule has 1 aliphatic rings. The van der Waals surface area contributed by atoms with Crippen LogP contribution in [0.4, 0.5) is 0 Å². The number of hydrogen-bond acceptors (Lipinski definition) is 0. The Hall–Kier alpha value is -1.56. The Bertz CT molecular complexity index is 475. The topological polar surface area (TPSA) is 0 Å². The van der Waals surface area contributed by atoms with E-state index in [1.54, 1.807) is 0 Å². The Morgan fingerprint density at radius 3 is 2.39 bits per heavy atom. The summed E-state index contributed by atoms with van der Waals surface area (Å²) >= 11 is 0. The van der Waals surface area contributed by atoms with Gasteiger partial charge < -0.3 is 0 Å². The van der Waals surface area contributed by atoms with Crippen molar-refractivity contribution in [2.75, 3.05) is 0 Å². The van der Waals surface area contributed by atoms with E-state index in [0.29, 0.717) is 0 Å². The van der Waals surface area contributed by atoms with Gasteiger partial charge in [0.25, 0.3) is 0 Å². The predicted octanol–water partition coefficient (Wildman–Crippen LogP) is 5.17. The fraction of sp³-hybridized carbons (Fsp3) is 0.333. The zero-order valence-corrected chi connectivity index (χ0v) is 11.3. The van der Waals surface area contributed by atoms with Crippen LogP contribution in [-0.4, -0.2) is 0 Å². The van der Waals surface area contributed by atoms with E-state index in [9.17, 15) is 0 Å². The smallest absolute Gasteiger partial charge is 0.0199 e. The van der Waals surface area contributed by atoms with Crippen LogP contribution in [0.15, 0.2) is 55.7 Å². The van der Waals surface area contributed by atoms with E-state index in [1.807, 2.05) is 6.08 Å². The molecule has 1 unspecified atom stereocenters. The molecule has 0 heteroatoms. The van der Waals surface area contributed by atoms with Gasteiger partial charge in [0.05, 0.1) is 0 Å². The van der Waals surface area contributed by atoms with Crippen molar-refractivity contribution in [2.24, 2.45) is 5.41 Å². The van der Waals surface area contributed by atoms with Gasteiger partial charge in [-0.1, -0.05) is 56.0 Å².